The van der Waals surface area contributed by atoms with Crippen molar-refractivity contribution >= 4 is 33.2 Å². The maximum Gasteiger partial charge on any atom is 0.257 e. The molecule has 6 heteroatoms. The Morgan fingerprint density at radius 2 is 2.00 bits per heavy atom. The minimum atomic E-state index is -0.875. The highest BCUT2D eigenvalue weighted by Gasteiger charge is 2.17. The van der Waals surface area contributed by atoms with Crippen molar-refractivity contribution in [2.24, 2.45) is 0 Å². The quantitative estimate of drug-likeness (QED) is 0.897. The summed E-state index contributed by atoms with van der Waals surface area (Å²) in [5.41, 5.74) is -0.547. The van der Waals surface area contributed by atoms with Crippen molar-refractivity contribution in [3.8, 4) is 0 Å². The zero-order valence-corrected chi connectivity index (χ0v) is 12.2. The normalized spacial score (nSPS) is 10.5. The molecule has 0 atom stereocenters. The standard InChI is InChI=1S/C13H10BrF2NOS/c14-8-6-10(15)12(11(16)7-8)13(18)17-4-3-9-2-1-5-19-9/h1-2,5-7H,3-4H2,(H,17,18). The fraction of sp³-hybridized carbons (Fsp3) is 0.154. The lowest BCUT2D eigenvalue weighted by molar-refractivity contribution is 0.0945. The van der Waals surface area contributed by atoms with Crippen LogP contribution in [-0.2, 0) is 6.42 Å². The van der Waals surface area contributed by atoms with Gasteiger partial charge in [0.1, 0.15) is 17.2 Å². The first kappa shape index (κ1) is 14.1. The highest BCUT2D eigenvalue weighted by Crippen LogP contribution is 2.19. The molecule has 0 saturated carbocycles. The lowest BCUT2D eigenvalue weighted by Gasteiger charge is -2.07. The fourth-order valence-corrected chi connectivity index (χ4v) is 2.71. The van der Waals surface area contributed by atoms with Gasteiger partial charge in [-0.3, -0.25) is 4.79 Å². The molecule has 1 aromatic heterocycles. The summed E-state index contributed by atoms with van der Waals surface area (Å²) in [4.78, 5) is 12.8. The van der Waals surface area contributed by atoms with E-state index in [-0.39, 0.29) is 4.47 Å². The molecule has 1 heterocycles. The van der Waals surface area contributed by atoms with E-state index in [1.807, 2.05) is 17.5 Å². The van der Waals surface area contributed by atoms with Gasteiger partial charge in [-0.25, -0.2) is 8.78 Å². The average molecular weight is 346 g/mol. The topological polar surface area (TPSA) is 29.1 Å². The molecule has 2 nitrogen and oxygen atoms in total. The SMILES string of the molecule is O=C(NCCc1cccs1)c1c(F)cc(Br)cc1F. The van der Waals surface area contributed by atoms with Gasteiger partial charge in [0, 0.05) is 15.9 Å². The van der Waals surface area contributed by atoms with E-state index in [1.54, 1.807) is 11.3 Å². The second kappa shape index (κ2) is 6.25. The minimum Gasteiger partial charge on any atom is -0.351 e. The van der Waals surface area contributed by atoms with E-state index in [2.05, 4.69) is 21.2 Å². The smallest absolute Gasteiger partial charge is 0.257 e. The van der Waals surface area contributed by atoms with Crippen LogP contribution in [0.5, 0.6) is 0 Å². The van der Waals surface area contributed by atoms with E-state index in [0.29, 0.717) is 13.0 Å². The molecule has 100 valence electrons. The van der Waals surface area contributed by atoms with E-state index in [4.69, 9.17) is 0 Å². The van der Waals surface area contributed by atoms with Gasteiger partial charge in [-0.2, -0.15) is 0 Å². The number of hydrogen-bond donors (Lipinski definition) is 1. The first-order valence-corrected chi connectivity index (χ1v) is 7.20. The van der Waals surface area contributed by atoms with E-state index < -0.39 is 23.1 Å². The molecule has 2 rings (SSSR count). The Morgan fingerprint density at radius 1 is 1.32 bits per heavy atom. The molecule has 0 radical (unpaired) electrons. The second-order valence-electron chi connectivity index (χ2n) is 3.83. The first-order chi connectivity index (χ1) is 9.08. The summed E-state index contributed by atoms with van der Waals surface area (Å²) in [6.45, 7) is 0.342. The summed E-state index contributed by atoms with van der Waals surface area (Å²) in [5.74, 6) is -2.49. The van der Waals surface area contributed by atoms with Crippen LogP contribution in [-0.4, -0.2) is 12.5 Å². The Bertz CT molecular complexity index is 563. The first-order valence-electron chi connectivity index (χ1n) is 5.53. The Kier molecular flexibility index (Phi) is 4.66. The molecular weight excluding hydrogens is 336 g/mol. The van der Waals surface area contributed by atoms with Gasteiger partial charge >= 0.3 is 0 Å². The fourth-order valence-electron chi connectivity index (χ4n) is 1.60. The van der Waals surface area contributed by atoms with Crippen LogP contribution in [0, 0.1) is 11.6 Å². The van der Waals surface area contributed by atoms with E-state index >= 15 is 0 Å². The largest absolute Gasteiger partial charge is 0.351 e. The summed E-state index contributed by atoms with van der Waals surface area (Å²) in [5, 5.41) is 4.45. The molecule has 0 saturated heterocycles. The van der Waals surface area contributed by atoms with E-state index in [9.17, 15) is 13.6 Å². The lowest BCUT2D eigenvalue weighted by Crippen LogP contribution is -2.27. The summed E-state index contributed by atoms with van der Waals surface area (Å²) in [6.07, 6.45) is 0.642. The summed E-state index contributed by atoms with van der Waals surface area (Å²) in [6, 6.07) is 5.99. The molecule has 0 aliphatic heterocycles. The van der Waals surface area contributed by atoms with Crippen LogP contribution in [0.1, 0.15) is 15.2 Å². The third kappa shape index (κ3) is 3.61. The molecule has 0 fully saturated rings. The Labute approximate surface area is 121 Å². The lowest BCUT2D eigenvalue weighted by atomic mass is 10.2. The van der Waals surface area contributed by atoms with Gasteiger partial charge in [0.2, 0.25) is 0 Å². The van der Waals surface area contributed by atoms with Crippen LogP contribution in [0.25, 0.3) is 0 Å². The summed E-state index contributed by atoms with van der Waals surface area (Å²) in [7, 11) is 0. The van der Waals surface area contributed by atoms with Crippen LogP contribution < -0.4 is 5.32 Å². The van der Waals surface area contributed by atoms with Gasteiger partial charge in [0.15, 0.2) is 0 Å². The Hall–Kier alpha value is -1.27. The summed E-state index contributed by atoms with van der Waals surface area (Å²) < 4.78 is 27.3. The Morgan fingerprint density at radius 3 is 2.58 bits per heavy atom. The average Bonchev–Trinajstić information content (AvgIpc) is 2.80. The third-order valence-electron chi connectivity index (χ3n) is 2.47. The van der Waals surface area contributed by atoms with Crippen molar-refractivity contribution in [1.29, 1.82) is 0 Å². The zero-order valence-electron chi connectivity index (χ0n) is 9.75. The van der Waals surface area contributed by atoms with Crippen molar-refractivity contribution in [3.05, 3.63) is 56.2 Å². The van der Waals surface area contributed by atoms with Crippen LogP contribution in [0.4, 0.5) is 8.78 Å². The number of benzene rings is 1. The monoisotopic (exact) mass is 345 g/mol. The molecule has 0 unspecified atom stereocenters. The number of halogens is 3. The van der Waals surface area contributed by atoms with Gasteiger partial charge < -0.3 is 5.32 Å². The predicted molar refractivity (Wildman–Crippen MR) is 74.4 cm³/mol. The number of thiophene rings is 1. The molecule has 0 aliphatic rings. The van der Waals surface area contributed by atoms with Crippen molar-refractivity contribution in [2.75, 3.05) is 6.54 Å². The second-order valence-corrected chi connectivity index (χ2v) is 5.78. The van der Waals surface area contributed by atoms with Crippen molar-refractivity contribution in [1.82, 2.24) is 5.32 Å². The highest BCUT2D eigenvalue weighted by molar-refractivity contribution is 9.10. The van der Waals surface area contributed by atoms with Gasteiger partial charge in [0.05, 0.1) is 0 Å². The number of hydrogen-bond acceptors (Lipinski definition) is 2. The molecule has 0 bridgehead atoms. The summed E-state index contributed by atoms with van der Waals surface area (Å²) >= 11 is 4.54. The van der Waals surface area contributed by atoms with Gasteiger partial charge in [0.25, 0.3) is 5.91 Å². The van der Waals surface area contributed by atoms with Crippen molar-refractivity contribution < 1.29 is 13.6 Å². The number of nitrogens with one attached hydrogen (secondary N) is 1. The molecule has 0 aliphatic carbocycles. The molecular formula is C13H10BrF2NOS. The van der Waals surface area contributed by atoms with E-state index in [0.717, 1.165) is 17.0 Å². The number of rotatable bonds is 4. The van der Waals surface area contributed by atoms with Crippen LogP contribution in [0.15, 0.2) is 34.1 Å². The number of carbonyl (C=O) groups excluding carboxylic acids is 1. The molecule has 2 aromatic rings. The minimum absolute atomic E-state index is 0.262. The van der Waals surface area contributed by atoms with Crippen molar-refractivity contribution in [3.63, 3.8) is 0 Å². The molecule has 19 heavy (non-hydrogen) atoms. The van der Waals surface area contributed by atoms with Crippen LogP contribution in [0.2, 0.25) is 0 Å². The van der Waals surface area contributed by atoms with Gasteiger partial charge in [-0.15, -0.1) is 11.3 Å². The van der Waals surface area contributed by atoms with Crippen LogP contribution >= 0.6 is 27.3 Å². The van der Waals surface area contributed by atoms with Crippen LogP contribution in [0.3, 0.4) is 0 Å². The Balaban J connectivity index is 2.00. The molecule has 1 amide bonds. The van der Waals surface area contributed by atoms with Crippen molar-refractivity contribution in [2.45, 2.75) is 6.42 Å². The maximum atomic E-state index is 13.5. The van der Waals surface area contributed by atoms with Gasteiger partial charge in [-0.05, 0) is 30.0 Å². The molecule has 1 aromatic carbocycles. The number of carbonyl (C=O) groups is 1. The highest BCUT2D eigenvalue weighted by atomic mass is 79.9. The number of amides is 1. The molecule has 0 spiro atoms. The third-order valence-corrected chi connectivity index (χ3v) is 3.87. The predicted octanol–water partition coefficient (Wildman–Crippen LogP) is 3.76. The molecule has 1 N–H and O–H groups in total. The maximum absolute atomic E-state index is 13.5. The van der Waals surface area contributed by atoms with Gasteiger partial charge in [-0.1, -0.05) is 22.0 Å². The zero-order chi connectivity index (χ0) is 13.8. The van der Waals surface area contributed by atoms with E-state index in [1.165, 1.54) is 0 Å².